The summed E-state index contributed by atoms with van der Waals surface area (Å²) < 4.78 is 14.1. The van der Waals surface area contributed by atoms with E-state index in [1.165, 1.54) is 17.0 Å². The first-order chi connectivity index (χ1) is 8.99. The van der Waals surface area contributed by atoms with Crippen molar-refractivity contribution in [2.24, 2.45) is 5.92 Å². The number of aliphatic carboxylic acids is 1. The van der Waals surface area contributed by atoms with Crippen molar-refractivity contribution in [3.05, 3.63) is 34.1 Å². The topological polar surface area (TPSA) is 57.6 Å². The Bertz CT molecular complexity index is 521. The van der Waals surface area contributed by atoms with Gasteiger partial charge in [-0.05, 0) is 40.4 Å². The lowest BCUT2D eigenvalue weighted by molar-refractivity contribution is -0.138. The highest BCUT2D eigenvalue weighted by Crippen LogP contribution is 2.24. The molecular weight excluding hydrogens is 317 g/mol. The number of nitrogens with zero attached hydrogens (tertiary/aromatic N) is 1. The molecule has 0 aliphatic carbocycles. The number of carbonyl (C=O) groups excluding carboxylic acids is 1. The van der Waals surface area contributed by atoms with Crippen LogP contribution < -0.4 is 0 Å². The van der Waals surface area contributed by atoms with Crippen molar-refractivity contribution in [1.82, 2.24) is 4.90 Å². The molecule has 1 unspecified atom stereocenters. The molecule has 4 nitrogen and oxygen atoms in total. The lowest BCUT2D eigenvalue weighted by Crippen LogP contribution is -2.29. The lowest BCUT2D eigenvalue weighted by Gasteiger charge is -2.17. The van der Waals surface area contributed by atoms with E-state index in [4.69, 9.17) is 5.11 Å². The van der Waals surface area contributed by atoms with Crippen LogP contribution in [-0.4, -0.2) is 35.0 Å². The van der Waals surface area contributed by atoms with Crippen molar-refractivity contribution in [3.63, 3.8) is 0 Å². The Morgan fingerprint density at radius 1 is 1.47 bits per heavy atom. The van der Waals surface area contributed by atoms with Crippen molar-refractivity contribution in [2.45, 2.75) is 12.8 Å². The molecule has 1 aromatic rings. The van der Waals surface area contributed by atoms with Crippen LogP contribution in [-0.2, 0) is 4.79 Å². The van der Waals surface area contributed by atoms with Gasteiger partial charge in [0.25, 0.3) is 5.91 Å². The summed E-state index contributed by atoms with van der Waals surface area (Å²) >= 11 is 3.04. The first-order valence-corrected chi connectivity index (χ1v) is 6.73. The van der Waals surface area contributed by atoms with Crippen molar-refractivity contribution >= 4 is 27.8 Å². The average molecular weight is 330 g/mol. The highest BCUT2D eigenvalue weighted by molar-refractivity contribution is 9.10. The zero-order chi connectivity index (χ0) is 14.0. The third-order valence-electron chi connectivity index (χ3n) is 3.22. The van der Waals surface area contributed by atoms with Gasteiger partial charge in [0.2, 0.25) is 0 Å². The molecule has 0 radical (unpaired) electrons. The monoisotopic (exact) mass is 329 g/mol. The summed E-state index contributed by atoms with van der Waals surface area (Å²) in [5.74, 6) is -1.87. The maximum absolute atomic E-state index is 13.8. The Hall–Kier alpha value is -1.43. The molecule has 1 fully saturated rings. The van der Waals surface area contributed by atoms with Crippen LogP contribution >= 0.6 is 15.9 Å². The number of carboxylic acids is 1. The average Bonchev–Trinajstić information content (AvgIpc) is 2.79. The van der Waals surface area contributed by atoms with Gasteiger partial charge in [0.1, 0.15) is 5.82 Å². The molecule has 0 saturated carbocycles. The lowest BCUT2D eigenvalue weighted by atomic mass is 10.1. The van der Waals surface area contributed by atoms with Gasteiger partial charge < -0.3 is 10.0 Å². The predicted octanol–water partition coefficient (Wildman–Crippen LogP) is 2.53. The molecule has 6 heteroatoms. The van der Waals surface area contributed by atoms with Crippen LogP contribution in [0.4, 0.5) is 4.39 Å². The molecule has 1 aromatic carbocycles. The number of rotatable bonds is 3. The normalized spacial score (nSPS) is 18.6. The van der Waals surface area contributed by atoms with Crippen molar-refractivity contribution in [2.75, 3.05) is 13.1 Å². The van der Waals surface area contributed by atoms with Gasteiger partial charge >= 0.3 is 5.97 Å². The summed E-state index contributed by atoms with van der Waals surface area (Å²) in [4.78, 5) is 24.3. The fourth-order valence-corrected chi connectivity index (χ4v) is 2.64. The summed E-state index contributed by atoms with van der Waals surface area (Å²) in [7, 11) is 0. The maximum Gasteiger partial charge on any atom is 0.303 e. The van der Waals surface area contributed by atoms with Gasteiger partial charge in [-0.1, -0.05) is 6.07 Å². The van der Waals surface area contributed by atoms with E-state index in [1.54, 1.807) is 6.07 Å². The Kier molecular flexibility index (Phi) is 4.19. The van der Waals surface area contributed by atoms with Crippen LogP contribution in [0.1, 0.15) is 23.2 Å². The van der Waals surface area contributed by atoms with Crippen molar-refractivity contribution in [1.29, 1.82) is 0 Å². The van der Waals surface area contributed by atoms with Gasteiger partial charge in [-0.25, -0.2) is 4.39 Å². The van der Waals surface area contributed by atoms with Crippen LogP contribution in [0.25, 0.3) is 0 Å². The van der Waals surface area contributed by atoms with Gasteiger partial charge in [0.15, 0.2) is 0 Å². The largest absolute Gasteiger partial charge is 0.481 e. The summed E-state index contributed by atoms with van der Waals surface area (Å²) in [5, 5.41) is 8.73. The molecule has 1 heterocycles. The zero-order valence-electron chi connectivity index (χ0n) is 10.1. The van der Waals surface area contributed by atoms with Crippen LogP contribution in [0, 0.1) is 11.7 Å². The van der Waals surface area contributed by atoms with E-state index in [1.807, 2.05) is 0 Å². The number of carboxylic acid groups (broad SMARTS) is 1. The number of carbonyl (C=O) groups is 2. The Labute approximate surface area is 118 Å². The van der Waals surface area contributed by atoms with Gasteiger partial charge in [0, 0.05) is 19.5 Å². The van der Waals surface area contributed by atoms with E-state index in [-0.39, 0.29) is 28.3 Å². The summed E-state index contributed by atoms with van der Waals surface area (Å²) in [6.07, 6.45) is 0.693. The van der Waals surface area contributed by atoms with Gasteiger partial charge in [0.05, 0.1) is 10.0 Å². The maximum atomic E-state index is 13.8. The van der Waals surface area contributed by atoms with Crippen molar-refractivity contribution < 1.29 is 19.1 Å². The van der Waals surface area contributed by atoms with E-state index < -0.39 is 11.8 Å². The highest BCUT2D eigenvalue weighted by atomic mass is 79.9. The number of benzene rings is 1. The summed E-state index contributed by atoms with van der Waals surface area (Å²) in [6.45, 7) is 0.847. The first kappa shape index (κ1) is 14.0. The molecule has 1 amide bonds. The molecule has 1 N–H and O–H groups in total. The minimum Gasteiger partial charge on any atom is -0.481 e. The fraction of sp³-hybridized carbons (Fsp3) is 0.385. The predicted molar refractivity (Wildman–Crippen MR) is 70.4 cm³/mol. The van der Waals surface area contributed by atoms with E-state index in [2.05, 4.69) is 15.9 Å². The summed E-state index contributed by atoms with van der Waals surface area (Å²) in [6, 6.07) is 4.57. The molecule has 1 aliphatic rings. The van der Waals surface area contributed by atoms with E-state index in [9.17, 15) is 14.0 Å². The number of amides is 1. The second-order valence-electron chi connectivity index (χ2n) is 4.61. The van der Waals surface area contributed by atoms with Gasteiger partial charge in [-0.2, -0.15) is 0 Å². The SMILES string of the molecule is O=C(O)CC1CCN(C(=O)c2cccc(Br)c2F)C1. The fourth-order valence-electron chi connectivity index (χ4n) is 2.27. The van der Waals surface area contributed by atoms with Crippen LogP contribution in [0.15, 0.2) is 22.7 Å². The molecule has 2 rings (SSSR count). The Morgan fingerprint density at radius 2 is 2.21 bits per heavy atom. The quantitative estimate of drug-likeness (QED) is 0.927. The molecular formula is C13H13BrFNO3. The van der Waals surface area contributed by atoms with Crippen LogP contribution in [0.3, 0.4) is 0 Å². The molecule has 0 bridgehead atoms. The molecule has 0 aromatic heterocycles. The second kappa shape index (κ2) is 5.69. The van der Waals surface area contributed by atoms with Crippen LogP contribution in [0.2, 0.25) is 0 Å². The molecule has 0 spiro atoms. The van der Waals surface area contributed by atoms with E-state index in [0.29, 0.717) is 19.5 Å². The third-order valence-corrected chi connectivity index (χ3v) is 3.83. The number of hydrogen-bond acceptors (Lipinski definition) is 2. The van der Waals surface area contributed by atoms with Gasteiger partial charge in [-0.15, -0.1) is 0 Å². The third kappa shape index (κ3) is 3.12. The standard InChI is InChI=1S/C13H13BrFNO3/c14-10-3-1-2-9(12(10)15)13(19)16-5-4-8(7-16)6-11(17)18/h1-3,8H,4-7H2,(H,17,18). The molecule has 1 aliphatic heterocycles. The molecule has 102 valence electrons. The Balaban J connectivity index is 2.09. The zero-order valence-corrected chi connectivity index (χ0v) is 11.7. The molecule has 1 saturated heterocycles. The molecule has 1 atom stereocenters. The minimum absolute atomic E-state index is 0.0188. The number of hydrogen-bond donors (Lipinski definition) is 1. The second-order valence-corrected chi connectivity index (χ2v) is 5.46. The number of halogens is 2. The van der Waals surface area contributed by atoms with Crippen LogP contribution in [0.5, 0.6) is 0 Å². The van der Waals surface area contributed by atoms with E-state index >= 15 is 0 Å². The summed E-state index contributed by atoms with van der Waals surface area (Å²) in [5.41, 5.74) is 0.0188. The smallest absolute Gasteiger partial charge is 0.303 e. The van der Waals surface area contributed by atoms with E-state index in [0.717, 1.165) is 0 Å². The van der Waals surface area contributed by atoms with Gasteiger partial charge in [-0.3, -0.25) is 9.59 Å². The highest BCUT2D eigenvalue weighted by Gasteiger charge is 2.29. The Morgan fingerprint density at radius 3 is 2.89 bits per heavy atom. The first-order valence-electron chi connectivity index (χ1n) is 5.94. The minimum atomic E-state index is -0.868. The van der Waals surface area contributed by atoms with Crippen molar-refractivity contribution in [3.8, 4) is 0 Å². The number of likely N-dealkylation sites (tertiary alicyclic amines) is 1. The molecule has 19 heavy (non-hydrogen) atoms.